The van der Waals surface area contributed by atoms with Gasteiger partial charge in [0.2, 0.25) is 5.91 Å². The lowest BCUT2D eigenvalue weighted by atomic mass is 9.83. The number of benzene rings is 2. The summed E-state index contributed by atoms with van der Waals surface area (Å²) in [7, 11) is 3.41. The fourth-order valence-electron chi connectivity index (χ4n) is 4.98. The van der Waals surface area contributed by atoms with Crippen molar-refractivity contribution in [3.05, 3.63) is 76.6 Å². The average molecular weight is 480 g/mol. The van der Waals surface area contributed by atoms with E-state index >= 15 is 0 Å². The Labute approximate surface area is 202 Å². The van der Waals surface area contributed by atoms with Gasteiger partial charge in [-0.05, 0) is 12.1 Å². The fourth-order valence-corrected chi connectivity index (χ4v) is 5.14. The van der Waals surface area contributed by atoms with Crippen LogP contribution in [-0.4, -0.2) is 58.5 Å². The number of hydrogen-bond donors (Lipinski definition) is 1. The number of amides is 2. The molecule has 7 nitrogen and oxygen atoms in total. The number of carbonyl (C=O) groups is 2. The number of fused-ring (bicyclic) bond motifs is 3. The predicted molar refractivity (Wildman–Crippen MR) is 131 cm³/mol. The maximum atomic E-state index is 13.6. The Kier molecular flexibility index (Phi) is 5.52. The summed E-state index contributed by atoms with van der Waals surface area (Å²) in [6, 6.07) is 13.2. The van der Waals surface area contributed by atoms with Gasteiger partial charge in [0, 0.05) is 67.8 Å². The van der Waals surface area contributed by atoms with Crippen LogP contribution >= 0.6 is 11.6 Å². The van der Waals surface area contributed by atoms with Crippen LogP contribution in [0.1, 0.15) is 34.3 Å². The summed E-state index contributed by atoms with van der Waals surface area (Å²) >= 11 is 6.22. The van der Waals surface area contributed by atoms with Crippen molar-refractivity contribution >= 4 is 40.1 Å². The molecule has 1 spiro atoms. The molecule has 5 rings (SSSR count). The van der Waals surface area contributed by atoms with Crippen LogP contribution in [0, 0.1) is 0 Å². The van der Waals surface area contributed by atoms with Crippen molar-refractivity contribution in [2.24, 2.45) is 0 Å². The topological polar surface area (TPSA) is 75.0 Å². The molecule has 176 valence electrons. The minimum atomic E-state index is -0.540. The maximum Gasteiger partial charge on any atom is 0.256 e. The van der Waals surface area contributed by atoms with Crippen molar-refractivity contribution in [2.45, 2.75) is 25.0 Å². The lowest BCUT2D eigenvalue weighted by Crippen LogP contribution is -2.45. The summed E-state index contributed by atoms with van der Waals surface area (Å²) in [6.07, 6.45) is 4.01. The molecule has 0 saturated carbocycles. The van der Waals surface area contributed by atoms with Gasteiger partial charge in [-0.15, -0.1) is 0 Å². The molecule has 2 amide bonds. The number of nitrogens with zero attached hydrogens (tertiary/aromatic N) is 3. The van der Waals surface area contributed by atoms with Crippen molar-refractivity contribution in [2.75, 3.05) is 27.2 Å². The van der Waals surface area contributed by atoms with E-state index < -0.39 is 5.60 Å². The molecule has 1 aromatic heterocycles. The molecule has 8 heteroatoms. The number of carbonyl (C=O) groups excluding carboxylic acids is 2. The number of aliphatic hydroxyl groups excluding tert-OH is 1. The molecule has 3 aromatic rings. The highest BCUT2D eigenvalue weighted by Gasteiger charge is 2.46. The lowest BCUT2D eigenvalue weighted by molar-refractivity contribution is -0.129. The second-order valence-corrected chi connectivity index (χ2v) is 9.48. The van der Waals surface area contributed by atoms with Gasteiger partial charge in [0.05, 0.1) is 11.1 Å². The number of likely N-dealkylation sites (N-methyl/N-ethyl adjacent to an activating group) is 1. The Morgan fingerprint density at radius 1 is 1.18 bits per heavy atom. The standard InChI is InChI=1S/C26H26ClN3O4/c1-28(2)24(32)15-30-14-20(18-8-7-17(27)13-22(18)30)25(33)29-11-9-26(10-12-29)21-6-4-3-5-19(21)23(16-31)34-26/h3-8,13-14,16,31H,9-12,15H2,1-2H3/b23-16-. The first-order chi connectivity index (χ1) is 16.3. The highest BCUT2D eigenvalue weighted by atomic mass is 35.5. The van der Waals surface area contributed by atoms with E-state index in [2.05, 4.69) is 0 Å². The molecule has 0 radical (unpaired) electrons. The van der Waals surface area contributed by atoms with Crippen molar-refractivity contribution < 1.29 is 19.4 Å². The van der Waals surface area contributed by atoms with Gasteiger partial charge in [-0.2, -0.15) is 0 Å². The van der Waals surface area contributed by atoms with Crippen LogP contribution < -0.4 is 0 Å². The molecular weight excluding hydrogens is 454 g/mol. The zero-order valence-electron chi connectivity index (χ0n) is 19.1. The van der Waals surface area contributed by atoms with Gasteiger partial charge in [0.1, 0.15) is 18.4 Å². The van der Waals surface area contributed by atoms with E-state index in [0.717, 1.165) is 28.3 Å². The van der Waals surface area contributed by atoms with Gasteiger partial charge in [-0.1, -0.05) is 41.9 Å². The molecule has 1 saturated heterocycles. The van der Waals surface area contributed by atoms with Gasteiger partial charge in [-0.3, -0.25) is 9.59 Å². The number of likely N-dealkylation sites (tertiary alicyclic amines) is 1. The number of piperidine rings is 1. The molecule has 0 aliphatic carbocycles. The molecule has 2 aliphatic heterocycles. The summed E-state index contributed by atoms with van der Waals surface area (Å²) in [5.74, 6) is 0.323. The normalized spacial score (nSPS) is 17.7. The minimum absolute atomic E-state index is 0.0689. The van der Waals surface area contributed by atoms with Gasteiger partial charge in [0.25, 0.3) is 5.91 Å². The Balaban J connectivity index is 1.42. The minimum Gasteiger partial charge on any atom is -0.512 e. The summed E-state index contributed by atoms with van der Waals surface area (Å²) in [5.41, 5.74) is 2.72. The van der Waals surface area contributed by atoms with E-state index in [4.69, 9.17) is 16.3 Å². The molecule has 2 aliphatic rings. The first kappa shape index (κ1) is 22.3. The van der Waals surface area contributed by atoms with Crippen LogP contribution in [0.5, 0.6) is 0 Å². The third-order valence-electron chi connectivity index (χ3n) is 6.84. The largest absolute Gasteiger partial charge is 0.512 e. The van der Waals surface area contributed by atoms with E-state index in [-0.39, 0.29) is 18.4 Å². The molecule has 0 bridgehead atoms. The predicted octanol–water partition coefficient (Wildman–Crippen LogP) is 4.40. The van der Waals surface area contributed by atoms with Crippen LogP contribution in [0.25, 0.3) is 16.7 Å². The molecule has 3 heterocycles. The average Bonchev–Trinajstić information content (AvgIpc) is 3.34. The van der Waals surface area contributed by atoms with E-state index in [1.807, 2.05) is 35.2 Å². The number of halogens is 1. The number of ether oxygens (including phenoxy) is 1. The molecule has 1 fully saturated rings. The van der Waals surface area contributed by atoms with E-state index in [0.29, 0.717) is 42.3 Å². The van der Waals surface area contributed by atoms with Crippen molar-refractivity contribution in [1.82, 2.24) is 14.4 Å². The number of aromatic nitrogens is 1. The van der Waals surface area contributed by atoms with Gasteiger partial charge in [-0.25, -0.2) is 0 Å². The Hall–Kier alpha value is -3.45. The zero-order valence-corrected chi connectivity index (χ0v) is 19.9. The number of hydrogen-bond acceptors (Lipinski definition) is 4. The summed E-state index contributed by atoms with van der Waals surface area (Å²) in [4.78, 5) is 29.3. The molecular formula is C26H26ClN3O4. The summed E-state index contributed by atoms with van der Waals surface area (Å²) in [5, 5.41) is 11.0. The van der Waals surface area contributed by atoms with Gasteiger partial charge < -0.3 is 24.2 Å². The van der Waals surface area contributed by atoms with Crippen LogP contribution in [0.2, 0.25) is 5.02 Å². The second-order valence-electron chi connectivity index (χ2n) is 9.05. The molecule has 1 N–H and O–H groups in total. The quantitative estimate of drug-likeness (QED) is 0.565. The van der Waals surface area contributed by atoms with Crippen LogP contribution in [0.15, 0.2) is 54.9 Å². The third kappa shape index (κ3) is 3.60. The lowest BCUT2D eigenvalue weighted by Gasteiger charge is -2.39. The number of rotatable bonds is 3. The highest BCUT2D eigenvalue weighted by Crippen LogP contribution is 2.48. The van der Waals surface area contributed by atoms with Gasteiger partial charge >= 0.3 is 0 Å². The van der Waals surface area contributed by atoms with Crippen LogP contribution in [0.3, 0.4) is 0 Å². The van der Waals surface area contributed by atoms with Crippen LogP contribution in [-0.2, 0) is 21.7 Å². The van der Waals surface area contributed by atoms with Crippen molar-refractivity contribution in [1.29, 1.82) is 0 Å². The Morgan fingerprint density at radius 3 is 2.62 bits per heavy atom. The van der Waals surface area contributed by atoms with E-state index in [1.165, 1.54) is 4.90 Å². The van der Waals surface area contributed by atoms with Gasteiger partial charge in [0.15, 0.2) is 5.76 Å². The Morgan fingerprint density at radius 2 is 1.91 bits per heavy atom. The fraction of sp³-hybridized carbons (Fsp3) is 0.308. The van der Waals surface area contributed by atoms with E-state index in [9.17, 15) is 14.7 Å². The van der Waals surface area contributed by atoms with Crippen LogP contribution in [0.4, 0.5) is 0 Å². The second kappa shape index (κ2) is 8.40. The first-order valence-corrected chi connectivity index (χ1v) is 11.6. The smallest absolute Gasteiger partial charge is 0.256 e. The zero-order chi connectivity index (χ0) is 24.0. The summed E-state index contributed by atoms with van der Waals surface area (Å²) < 4.78 is 8.00. The maximum absolute atomic E-state index is 13.6. The van der Waals surface area contributed by atoms with Crippen molar-refractivity contribution in [3.8, 4) is 0 Å². The molecule has 34 heavy (non-hydrogen) atoms. The monoisotopic (exact) mass is 479 g/mol. The van der Waals surface area contributed by atoms with Crippen molar-refractivity contribution in [3.63, 3.8) is 0 Å². The highest BCUT2D eigenvalue weighted by molar-refractivity contribution is 6.31. The Bertz CT molecular complexity index is 1320. The molecule has 2 aromatic carbocycles. The van der Waals surface area contributed by atoms with E-state index in [1.54, 1.807) is 37.0 Å². The number of aliphatic hydroxyl groups is 1. The first-order valence-electron chi connectivity index (χ1n) is 11.2. The summed E-state index contributed by atoms with van der Waals surface area (Å²) in [6.45, 7) is 1.16. The molecule has 0 unspecified atom stereocenters. The SMILES string of the molecule is CN(C)C(=O)Cn1cc(C(=O)N2CCC3(CC2)O/C(=C\O)c2ccccc23)c2ccc(Cl)cc21. The molecule has 0 atom stereocenters. The third-order valence-corrected chi connectivity index (χ3v) is 7.08.